The first kappa shape index (κ1) is 19.6. The van der Waals surface area contributed by atoms with Gasteiger partial charge in [0, 0.05) is 12.6 Å². The lowest BCUT2D eigenvalue weighted by molar-refractivity contribution is -0.125. The van der Waals surface area contributed by atoms with Gasteiger partial charge in [0.05, 0.1) is 12.0 Å². The first-order chi connectivity index (χ1) is 13.1. The number of hydrogen-bond acceptors (Lipinski definition) is 3. The topological polar surface area (TPSA) is 58.4 Å². The molecule has 0 spiro atoms. The Morgan fingerprint density at radius 2 is 1.67 bits per heavy atom. The lowest BCUT2D eigenvalue weighted by Gasteiger charge is -2.29. The van der Waals surface area contributed by atoms with Crippen molar-refractivity contribution in [3.63, 3.8) is 0 Å². The number of nitrogens with zero attached hydrogens (tertiary/aromatic N) is 1. The van der Waals surface area contributed by atoms with Crippen molar-refractivity contribution in [1.29, 1.82) is 0 Å². The summed E-state index contributed by atoms with van der Waals surface area (Å²) < 4.78 is 0. The van der Waals surface area contributed by atoms with Gasteiger partial charge in [0.25, 0.3) is 0 Å². The van der Waals surface area contributed by atoms with Crippen molar-refractivity contribution in [3.8, 4) is 0 Å². The Morgan fingerprint density at radius 1 is 1.04 bits per heavy atom. The molecule has 3 atom stereocenters. The normalized spacial score (nSPS) is 18.0. The molecule has 1 aliphatic heterocycles. The first-order valence-corrected chi connectivity index (χ1v) is 9.95. The van der Waals surface area contributed by atoms with E-state index >= 15 is 0 Å². The molecule has 1 amide bonds. The molecule has 2 aromatic carbocycles. The zero-order valence-corrected chi connectivity index (χ0v) is 16.4. The fourth-order valence-electron chi connectivity index (χ4n) is 3.78. The molecule has 1 saturated heterocycles. The number of aryl methyl sites for hydroxylation is 1. The van der Waals surface area contributed by atoms with Crippen LogP contribution in [-0.2, 0) is 4.79 Å². The predicted molar refractivity (Wildman–Crippen MR) is 110 cm³/mol. The quantitative estimate of drug-likeness (QED) is 0.788. The predicted octanol–water partition coefficient (Wildman–Crippen LogP) is 3.58. The van der Waals surface area contributed by atoms with Crippen LogP contribution in [0.15, 0.2) is 54.6 Å². The van der Waals surface area contributed by atoms with Crippen LogP contribution in [0.2, 0.25) is 0 Å². The second kappa shape index (κ2) is 9.16. The number of amides is 1. The average Bonchev–Trinajstić information content (AvgIpc) is 3.23. The molecule has 27 heavy (non-hydrogen) atoms. The van der Waals surface area contributed by atoms with Gasteiger partial charge < -0.3 is 11.1 Å². The number of likely N-dealkylation sites (tertiary alicyclic amines) is 1. The highest BCUT2D eigenvalue weighted by atomic mass is 16.1. The Labute approximate surface area is 162 Å². The molecule has 4 nitrogen and oxygen atoms in total. The van der Waals surface area contributed by atoms with Crippen molar-refractivity contribution in [1.82, 2.24) is 10.2 Å². The molecule has 3 rings (SSSR count). The fourth-order valence-corrected chi connectivity index (χ4v) is 3.78. The van der Waals surface area contributed by atoms with Gasteiger partial charge in [0.15, 0.2) is 0 Å². The fraction of sp³-hybridized carbons (Fsp3) is 0.435. The summed E-state index contributed by atoms with van der Waals surface area (Å²) in [6.07, 6.45) is 2.46. The second-order valence-electron chi connectivity index (χ2n) is 7.64. The summed E-state index contributed by atoms with van der Waals surface area (Å²) >= 11 is 0. The van der Waals surface area contributed by atoms with Crippen LogP contribution in [0.4, 0.5) is 0 Å². The third-order valence-electron chi connectivity index (χ3n) is 5.65. The van der Waals surface area contributed by atoms with Crippen molar-refractivity contribution >= 4 is 5.91 Å². The average molecular weight is 366 g/mol. The van der Waals surface area contributed by atoms with E-state index in [9.17, 15) is 4.79 Å². The number of carbonyl (C=O) groups excluding carboxylic acids is 1. The molecular weight excluding hydrogens is 334 g/mol. The molecule has 2 aromatic rings. The third kappa shape index (κ3) is 4.96. The Morgan fingerprint density at radius 3 is 2.30 bits per heavy atom. The Kier molecular flexibility index (Phi) is 6.64. The van der Waals surface area contributed by atoms with E-state index in [0.29, 0.717) is 6.54 Å². The minimum Gasteiger partial charge on any atom is -0.354 e. The molecule has 0 bridgehead atoms. The molecule has 0 aromatic heterocycles. The number of rotatable bonds is 7. The van der Waals surface area contributed by atoms with Crippen LogP contribution in [0.25, 0.3) is 0 Å². The van der Waals surface area contributed by atoms with E-state index in [1.54, 1.807) is 0 Å². The van der Waals surface area contributed by atoms with Gasteiger partial charge in [0.1, 0.15) is 0 Å². The molecule has 1 aliphatic rings. The van der Waals surface area contributed by atoms with Crippen LogP contribution in [0.5, 0.6) is 0 Å². The van der Waals surface area contributed by atoms with E-state index in [4.69, 9.17) is 5.73 Å². The number of nitrogens with two attached hydrogens (primary N) is 1. The monoisotopic (exact) mass is 365 g/mol. The summed E-state index contributed by atoms with van der Waals surface area (Å²) in [6.45, 7) is 6.81. The maximum atomic E-state index is 12.8. The lowest BCUT2D eigenvalue weighted by atomic mass is 9.94. The van der Waals surface area contributed by atoms with Crippen molar-refractivity contribution in [3.05, 3.63) is 71.3 Å². The smallest absolute Gasteiger partial charge is 0.224 e. The zero-order chi connectivity index (χ0) is 19.2. The van der Waals surface area contributed by atoms with Crippen molar-refractivity contribution in [2.45, 2.75) is 38.8 Å². The Hall–Kier alpha value is -2.17. The van der Waals surface area contributed by atoms with Gasteiger partial charge in [-0.2, -0.15) is 0 Å². The van der Waals surface area contributed by atoms with Gasteiger partial charge in [0.2, 0.25) is 5.91 Å². The minimum absolute atomic E-state index is 0.0164. The van der Waals surface area contributed by atoms with Crippen molar-refractivity contribution < 1.29 is 4.79 Å². The molecule has 3 unspecified atom stereocenters. The molecular formula is C23H31N3O. The van der Waals surface area contributed by atoms with Crippen molar-refractivity contribution in [2.75, 3.05) is 19.6 Å². The van der Waals surface area contributed by atoms with Gasteiger partial charge in [-0.3, -0.25) is 9.69 Å². The standard InChI is InChI=1S/C23H31N3O/c1-17-10-12-19(13-11-17)21(26-14-6-7-15-26)16-25-23(27)18(2)22(24)20-8-4-3-5-9-20/h3-5,8-13,18,21-22H,6-7,14-16,24H2,1-2H3,(H,25,27). The molecule has 0 radical (unpaired) electrons. The second-order valence-corrected chi connectivity index (χ2v) is 7.64. The Balaban J connectivity index is 1.65. The van der Waals surface area contributed by atoms with E-state index in [1.807, 2.05) is 37.3 Å². The van der Waals surface area contributed by atoms with Crippen LogP contribution in [0, 0.1) is 12.8 Å². The molecule has 4 heteroatoms. The number of nitrogens with one attached hydrogen (secondary N) is 1. The van der Waals surface area contributed by atoms with Crippen LogP contribution >= 0.6 is 0 Å². The summed E-state index contributed by atoms with van der Waals surface area (Å²) in [5.74, 6) is -0.257. The highest BCUT2D eigenvalue weighted by molar-refractivity contribution is 5.79. The molecule has 144 valence electrons. The Bertz CT molecular complexity index is 723. The van der Waals surface area contributed by atoms with Gasteiger partial charge in [-0.1, -0.05) is 67.1 Å². The van der Waals surface area contributed by atoms with Crippen LogP contribution in [-0.4, -0.2) is 30.4 Å². The maximum absolute atomic E-state index is 12.8. The minimum atomic E-state index is -0.296. The number of hydrogen-bond donors (Lipinski definition) is 2. The number of carbonyl (C=O) groups is 1. The summed E-state index contributed by atoms with van der Waals surface area (Å²) in [4.78, 5) is 15.2. The van der Waals surface area contributed by atoms with E-state index in [1.165, 1.54) is 24.0 Å². The van der Waals surface area contributed by atoms with Gasteiger partial charge >= 0.3 is 0 Å². The van der Waals surface area contributed by atoms with Crippen LogP contribution in [0.1, 0.15) is 48.5 Å². The molecule has 1 fully saturated rings. The van der Waals surface area contributed by atoms with E-state index in [0.717, 1.165) is 18.7 Å². The van der Waals surface area contributed by atoms with Crippen LogP contribution < -0.4 is 11.1 Å². The van der Waals surface area contributed by atoms with E-state index in [2.05, 4.69) is 41.4 Å². The summed E-state index contributed by atoms with van der Waals surface area (Å²) in [6, 6.07) is 18.4. The summed E-state index contributed by atoms with van der Waals surface area (Å²) in [7, 11) is 0. The zero-order valence-electron chi connectivity index (χ0n) is 16.4. The van der Waals surface area contributed by atoms with Gasteiger partial charge in [-0.05, 0) is 44.0 Å². The maximum Gasteiger partial charge on any atom is 0.224 e. The highest BCUT2D eigenvalue weighted by Crippen LogP contribution is 2.25. The SMILES string of the molecule is Cc1ccc(C(CNC(=O)C(C)C(N)c2ccccc2)N2CCCC2)cc1. The first-order valence-electron chi connectivity index (χ1n) is 9.95. The van der Waals surface area contributed by atoms with Crippen LogP contribution in [0.3, 0.4) is 0 Å². The van der Waals surface area contributed by atoms with Crippen molar-refractivity contribution in [2.24, 2.45) is 11.7 Å². The highest BCUT2D eigenvalue weighted by Gasteiger charge is 2.26. The van der Waals surface area contributed by atoms with Gasteiger partial charge in [-0.15, -0.1) is 0 Å². The molecule has 0 aliphatic carbocycles. The molecule has 0 saturated carbocycles. The van der Waals surface area contributed by atoms with E-state index < -0.39 is 0 Å². The summed E-state index contributed by atoms with van der Waals surface area (Å²) in [5, 5.41) is 3.16. The van der Waals surface area contributed by atoms with E-state index in [-0.39, 0.29) is 23.9 Å². The largest absolute Gasteiger partial charge is 0.354 e. The molecule has 1 heterocycles. The van der Waals surface area contributed by atoms with Gasteiger partial charge in [-0.25, -0.2) is 0 Å². The molecule has 3 N–H and O–H groups in total. The lowest BCUT2D eigenvalue weighted by Crippen LogP contribution is -2.41. The number of benzene rings is 2. The summed E-state index contributed by atoms with van der Waals surface area (Å²) in [5.41, 5.74) is 9.84. The third-order valence-corrected chi connectivity index (χ3v) is 5.65.